The molecule has 3 heteroatoms. The Balaban J connectivity index is 4.09. The van der Waals surface area contributed by atoms with E-state index in [1.807, 2.05) is 11.8 Å². The summed E-state index contributed by atoms with van der Waals surface area (Å²) in [6.45, 7) is 8.17. The van der Waals surface area contributed by atoms with Crippen LogP contribution in [-0.4, -0.2) is 29.9 Å². The van der Waals surface area contributed by atoms with Crippen LogP contribution in [0.15, 0.2) is 0 Å². The second kappa shape index (κ2) is 12.5. The standard InChI is InChI=1S/C16H34N2O/c1-4-7-9-11-13-18(14-12-10-8-5-2)16(19)15(17)6-3/h15H,4-14,17H2,1-3H3/t15-/m0/s1. The molecule has 0 saturated carbocycles. The van der Waals surface area contributed by atoms with Crippen LogP contribution in [0.25, 0.3) is 0 Å². The van der Waals surface area contributed by atoms with Crippen molar-refractivity contribution in [1.29, 1.82) is 0 Å². The Kier molecular flexibility index (Phi) is 12.1. The number of amides is 1. The maximum absolute atomic E-state index is 12.2. The average Bonchev–Trinajstić information content (AvgIpc) is 2.44. The molecule has 0 rings (SSSR count). The van der Waals surface area contributed by atoms with Gasteiger partial charge in [-0.25, -0.2) is 0 Å². The zero-order valence-corrected chi connectivity index (χ0v) is 13.3. The first kappa shape index (κ1) is 18.4. The summed E-state index contributed by atoms with van der Waals surface area (Å²) in [7, 11) is 0. The molecular weight excluding hydrogens is 236 g/mol. The molecule has 0 spiro atoms. The largest absolute Gasteiger partial charge is 0.341 e. The Labute approximate surface area is 119 Å². The van der Waals surface area contributed by atoms with Crippen molar-refractivity contribution in [3.63, 3.8) is 0 Å². The minimum absolute atomic E-state index is 0.149. The van der Waals surface area contributed by atoms with Gasteiger partial charge in [0, 0.05) is 13.1 Å². The Morgan fingerprint density at radius 2 is 1.37 bits per heavy atom. The van der Waals surface area contributed by atoms with Crippen LogP contribution < -0.4 is 5.73 Å². The fraction of sp³-hybridized carbons (Fsp3) is 0.938. The van der Waals surface area contributed by atoms with Crippen LogP contribution >= 0.6 is 0 Å². The van der Waals surface area contributed by atoms with E-state index in [2.05, 4.69) is 13.8 Å². The topological polar surface area (TPSA) is 46.3 Å². The van der Waals surface area contributed by atoms with Gasteiger partial charge < -0.3 is 10.6 Å². The van der Waals surface area contributed by atoms with Crippen molar-refractivity contribution >= 4 is 5.91 Å². The molecule has 2 N–H and O–H groups in total. The maximum atomic E-state index is 12.2. The summed E-state index contributed by atoms with van der Waals surface area (Å²) in [4.78, 5) is 14.2. The monoisotopic (exact) mass is 270 g/mol. The van der Waals surface area contributed by atoms with E-state index in [-0.39, 0.29) is 11.9 Å². The first-order chi connectivity index (χ1) is 9.17. The van der Waals surface area contributed by atoms with Crippen molar-refractivity contribution in [2.24, 2.45) is 5.73 Å². The Morgan fingerprint density at radius 1 is 0.895 bits per heavy atom. The lowest BCUT2D eigenvalue weighted by atomic mass is 10.1. The van der Waals surface area contributed by atoms with Gasteiger partial charge in [-0.2, -0.15) is 0 Å². The van der Waals surface area contributed by atoms with Crippen LogP contribution in [0, 0.1) is 0 Å². The minimum atomic E-state index is -0.308. The molecule has 1 amide bonds. The number of carbonyl (C=O) groups is 1. The van der Waals surface area contributed by atoms with E-state index < -0.39 is 0 Å². The molecule has 0 aromatic carbocycles. The minimum Gasteiger partial charge on any atom is -0.341 e. The van der Waals surface area contributed by atoms with Gasteiger partial charge in [0.05, 0.1) is 6.04 Å². The molecule has 0 aliphatic rings. The number of nitrogens with two attached hydrogens (primary N) is 1. The van der Waals surface area contributed by atoms with Gasteiger partial charge in [0.1, 0.15) is 0 Å². The van der Waals surface area contributed by atoms with E-state index in [1.54, 1.807) is 0 Å². The van der Waals surface area contributed by atoms with Gasteiger partial charge in [-0.15, -0.1) is 0 Å². The fourth-order valence-electron chi connectivity index (χ4n) is 2.20. The van der Waals surface area contributed by atoms with E-state index in [0.717, 1.165) is 32.4 Å². The summed E-state index contributed by atoms with van der Waals surface area (Å²) in [5, 5.41) is 0. The molecule has 0 bridgehead atoms. The van der Waals surface area contributed by atoms with Crippen molar-refractivity contribution in [3.05, 3.63) is 0 Å². The Morgan fingerprint density at radius 3 is 1.74 bits per heavy atom. The van der Waals surface area contributed by atoms with Crippen LogP contribution in [-0.2, 0) is 4.79 Å². The molecule has 0 unspecified atom stereocenters. The number of hydrogen-bond acceptors (Lipinski definition) is 2. The van der Waals surface area contributed by atoms with E-state index in [9.17, 15) is 4.79 Å². The number of unbranched alkanes of at least 4 members (excludes halogenated alkanes) is 6. The Bertz CT molecular complexity index is 207. The summed E-state index contributed by atoms with van der Waals surface area (Å²) in [6, 6.07) is -0.308. The van der Waals surface area contributed by atoms with E-state index >= 15 is 0 Å². The zero-order chi connectivity index (χ0) is 14.5. The quantitative estimate of drug-likeness (QED) is 0.549. The highest BCUT2D eigenvalue weighted by Gasteiger charge is 2.18. The van der Waals surface area contributed by atoms with Crippen molar-refractivity contribution in [3.8, 4) is 0 Å². The van der Waals surface area contributed by atoms with Crippen molar-refractivity contribution in [2.75, 3.05) is 13.1 Å². The van der Waals surface area contributed by atoms with E-state index in [0.29, 0.717) is 0 Å². The van der Waals surface area contributed by atoms with Crippen LogP contribution in [0.3, 0.4) is 0 Å². The Hall–Kier alpha value is -0.570. The van der Waals surface area contributed by atoms with Gasteiger partial charge in [-0.3, -0.25) is 4.79 Å². The highest BCUT2D eigenvalue weighted by molar-refractivity contribution is 5.81. The zero-order valence-electron chi connectivity index (χ0n) is 13.3. The molecule has 19 heavy (non-hydrogen) atoms. The number of nitrogens with zero attached hydrogens (tertiary/aromatic N) is 1. The normalized spacial score (nSPS) is 12.4. The first-order valence-corrected chi connectivity index (χ1v) is 8.21. The second-order valence-electron chi connectivity index (χ2n) is 5.46. The molecule has 1 atom stereocenters. The lowest BCUT2D eigenvalue weighted by Gasteiger charge is -2.25. The summed E-state index contributed by atoms with van der Waals surface area (Å²) in [5.41, 5.74) is 5.89. The lowest BCUT2D eigenvalue weighted by Crippen LogP contribution is -2.44. The highest BCUT2D eigenvalue weighted by Crippen LogP contribution is 2.07. The van der Waals surface area contributed by atoms with Crippen LogP contribution in [0.4, 0.5) is 0 Å². The van der Waals surface area contributed by atoms with Crippen molar-refractivity contribution < 1.29 is 4.79 Å². The van der Waals surface area contributed by atoms with Crippen molar-refractivity contribution in [2.45, 2.75) is 84.6 Å². The molecule has 0 saturated heterocycles. The van der Waals surface area contributed by atoms with Gasteiger partial charge >= 0.3 is 0 Å². The van der Waals surface area contributed by atoms with Crippen LogP contribution in [0.2, 0.25) is 0 Å². The van der Waals surface area contributed by atoms with Gasteiger partial charge in [-0.1, -0.05) is 59.3 Å². The molecule has 0 aromatic rings. The predicted octanol–water partition coefficient (Wildman–Crippen LogP) is 3.71. The number of rotatable bonds is 12. The molecular formula is C16H34N2O. The summed E-state index contributed by atoms with van der Waals surface area (Å²) in [6.07, 6.45) is 10.4. The fourth-order valence-corrected chi connectivity index (χ4v) is 2.20. The third-order valence-electron chi connectivity index (χ3n) is 3.63. The summed E-state index contributed by atoms with van der Waals surface area (Å²) in [5.74, 6) is 0.149. The molecule has 0 fully saturated rings. The van der Waals surface area contributed by atoms with E-state index in [1.165, 1.54) is 38.5 Å². The molecule has 0 aromatic heterocycles. The summed E-state index contributed by atoms with van der Waals surface area (Å²) < 4.78 is 0. The third-order valence-corrected chi connectivity index (χ3v) is 3.63. The van der Waals surface area contributed by atoms with Gasteiger partial charge in [0.25, 0.3) is 0 Å². The third kappa shape index (κ3) is 9.04. The first-order valence-electron chi connectivity index (χ1n) is 8.21. The highest BCUT2D eigenvalue weighted by atomic mass is 16.2. The van der Waals surface area contributed by atoms with Crippen LogP contribution in [0.5, 0.6) is 0 Å². The molecule has 0 heterocycles. The SMILES string of the molecule is CCCCCCN(CCCCCC)C(=O)[C@@H](N)CC. The smallest absolute Gasteiger partial charge is 0.239 e. The average molecular weight is 270 g/mol. The lowest BCUT2D eigenvalue weighted by molar-refractivity contribution is -0.132. The maximum Gasteiger partial charge on any atom is 0.239 e. The molecule has 0 aliphatic carbocycles. The van der Waals surface area contributed by atoms with E-state index in [4.69, 9.17) is 5.73 Å². The molecule has 114 valence electrons. The second-order valence-corrected chi connectivity index (χ2v) is 5.46. The molecule has 3 nitrogen and oxygen atoms in total. The molecule has 0 aliphatic heterocycles. The van der Waals surface area contributed by atoms with Gasteiger partial charge in [0.15, 0.2) is 0 Å². The van der Waals surface area contributed by atoms with Crippen LogP contribution in [0.1, 0.15) is 78.6 Å². The number of hydrogen-bond donors (Lipinski definition) is 1. The van der Waals surface area contributed by atoms with Gasteiger partial charge in [0.2, 0.25) is 5.91 Å². The van der Waals surface area contributed by atoms with Gasteiger partial charge in [-0.05, 0) is 19.3 Å². The van der Waals surface area contributed by atoms with Crippen molar-refractivity contribution in [1.82, 2.24) is 4.90 Å². The molecule has 0 radical (unpaired) electrons. The predicted molar refractivity (Wildman–Crippen MR) is 83.1 cm³/mol. The number of carbonyl (C=O) groups excluding carboxylic acids is 1. The summed E-state index contributed by atoms with van der Waals surface area (Å²) >= 11 is 0.